The van der Waals surface area contributed by atoms with Crippen LogP contribution in [0.4, 0.5) is 0 Å². The lowest BCUT2D eigenvalue weighted by Gasteiger charge is -2.29. The van der Waals surface area contributed by atoms with Gasteiger partial charge in [0, 0.05) is 18.7 Å². The van der Waals surface area contributed by atoms with Crippen molar-refractivity contribution in [2.75, 3.05) is 6.54 Å². The van der Waals surface area contributed by atoms with Crippen molar-refractivity contribution >= 4 is 11.9 Å². The second kappa shape index (κ2) is 7.70. The van der Waals surface area contributed by atoms with Crippen molar-refractivity contribution in [3.8, 4) is 0 Å². The molecule has 0 aromatic heterocycles. The van der Waals surface area contributed by atoms with Gasteiger partial charge in [0.1, 0.15) is 0 Å². The van der Waals surface area contributed by atoms with Gasteiger partial charge in [0.2, 0.25) is 0 Å². The quantitative estimate of drug-likeness (QED) is 0.893. The number of aromatic carboxylic acids is 1. The first-order valence-corrected chi connectivity index (χ1v) is 8.79. The maximum atomic E-state index is 12.8. The van der Waals surface area contributed by atoms with Crippen LogP contribution in [0, 0.1) is 0 Å². The minimum absolute atomic E-state index is 0.0345. The number of benzene rings is 2. The normalized spacial score (nSPS) is 13.6. The van der Waals surface area contributed by atoms with E-state index in [-0.39, 0.29) is 17.6 Å². The highest BCUT2D eigenvalue weighted by Gasteiger charge is 2.22. The molecule has 136 valence electrons. The minimum atomic E-state index is -0.949. The van der Waals surface area contributed by atoms with E-state index in [0.29, 0.717) is 25.3 Å². The molecule has 0 saturated heterocycles. The molecule has 1 N–H and O–H groups in total. The number of carboxylic acids is 1. The molecule has 0 atom stereocenters. The highest BCUT2D eigenvalue weighted by molar-refractivity contribution is 5.94. The van der Waals surface area contributed by atoms with Crippen molar-refractivity contribution in [1.82, 2.24) is 4.90 Å². The van der Waals surface area contributed by atoms with Crippen LogP contribution in [0.5, 0.6) is 0 Å². The van der Waals surface area contributed by atoms with Gasteiger partial charge < -0.3 is 14.7 Å². The standard InChI is InChI=1S/C21H23NO4/c1-14(2)26-13-15-3-5-17(6-4-15)20(23)22-10-9-16-7-8-18(21(24)25)11-19(16)12-22/h3-8,11,14H,9-10,12-13H2,1-2H3,(H,24,25). The van der Waals surface area contributed by atoms with Crippen molar-refractivity contribution in [2.24, 2.45) is 0 Å². The van der Waals surface area contributed by atoms with Gasteiger partial charge in [0.15, 0.2) is 0 Å². The molecule has 0 spiro atoms. The van der Waals surface area contributed by atoms with E-state index in [0.717, 1.165) is 23.1 Å². The molecule has 5 nitrogen and oxygen atoms in total. The molecule has 0 fully saturated rings. The molecule has 2 aromatic rings. The van der Waals surface area contributed by atoms with Crippen molar-refractivity contribution in [1.29, 1.82) is 0 Å². The summed E-state index contributed by atoms with van der Waals surface area (Å²) < 4.78 is 5.57. The average molecular weight is 353 g/mol. The number of carbonyl (C=O) groups excluding carboxylic acids is 1. The summed E-state index contributed by atoms with van der Waals surface area (Å²) in [6.45, 7) is 5.58. The molecule has 1 aliphatic heterocycles. The molecule has 5 heteroatoms. The lowest BCUT2D eigenvalue weighted by atomic mass is 9.97. The largest absolute Gasteiger partial charge is 0.478 e. The van der Waals surface area contributed by atoms with Gasteiger partial charge in [-0.15, -0.1) is 0 Å². The Bertz CT molecular complexity index is 811. The zero-order valence-electron chi connectivity index (χ0n) is 15.1. The van der Waals surface area contributed by atoms with Crippen molar-refractivity contribution in [3.05, 3.63) is 70.3 Å². The molecular weight excluding hydrogens is 330 g/mol. The van der Waals surface area contributed by atoms with Crippen molar-refractivity contribution in [2.45, 2.75) is 39.5 Å². The summed E-state index contributed by atoms with van der Waals surface area (Å²) in [5.41, 5.74) is 3.95. The molecule has 0 saturated carbocycles. The number of carbonyl (C=O) groups is 2. The van der Waals surface area contributed by atoms with Crippen molar-refractivity contribution < 1.29 is 19.4 Å². The number of fused-ring (bicyclic) bond motifs is 1. The second-order valence-electron chi connectivity index (χ2n) is 6.82. The molecule has 0 aliphatic carbocycles. The fourth-order valence-corrected chi connectivity index (χ4v) is 3.05. The number of carboxylic acid groups (broad SMARTS) is 1. The number of ether oxygens (including phenoxy) is 1. The van der Waals surface area contributed by atoms with Gasteiger partial charge in [0.05, 0.1) is 18.3 Å². The van der Waals surface area contributed by atoms with E-state index in [1.54, 1.807) is 17.0 Å². The Kier molecular flexibility index (Phi) is 5.38. The second-order valence-corrected chi connectivity index (χ2v) is 6.82. The lowest BCUT2D eigenvalue weighted by Crippen LogP contribution is -2.36. The van der Waals surface area contributed by atoms with E-state index in [2.05, 4.69) is 0 Å². The fourth-order valence-electron chi connectivity index (χ4n) is 3.05. The Morgan fingerprint density at radius 1 is 1.08 bits per heavy atom. The third kappa shape index (κ3) is 4.11. The summed E-state index contributed by atoms with van der Waals surface area (Å²) in [6, 6.07) is 12.6. The van der Waals surface area contributed by atoms with E-state index < -0.39 is 5.97 Å². The minimum Gasteiger partial charge on any atom is -0.478 e. The van der Waals surface area contributed by atoms with Crippen LogP contribution in [0.15, 0.2) is 42.5 Å². The third-order valence-electron chi connectivity index (χ3n) is 4.54. The molecule has 0 unspecified atom stereocenters. The average Bonchev–Trinajstić information content (AvgIpc) is 2.65. The number of hydrogen-bond donors (Lipinski definition) is 1. The maximum Gasteiger partial charge on any atom is 0.335 e. The molecule has 0 bridgehead atoms. The van der Waals surface area contributed by atoms with Gasteiger partial charge in [0.25, 0.3) is 5.91 Å². The highest BCUT2D eigenvalue weighted by atomic mass is 16.5. The van der Waals surface area contributed by atoms with Crippen LogP contribution in [0.25, 0.3) is 0 Å². The molecule has 1 aliphatic rings. The van der Waals surface area contributed by atoms with E-state index in [1.807, 2.05) is 44.2 Å². The first-order valence-electron chi connectivity index (χ1n) is 8.79. The van der Waals surface area contributed by atoms with E-state index in [4.69, 9.17) is 9.84 Å². The first kappa shape index (κ1) is 18.1. The Balaban J connectivity index is 1.71. The number of rotatable bonds is 5. The molecule has 1 amide bonds. The molecule has 2 aromatic carbocycles. The topological polar surface area (TPSA) is 66.8 Å². The van der Waals surface area contributed by atoms with Crippen LogP contribution < -0.4 is 0 Å². The van der Waals surface area contributed by atoms with Gasteiger partial charge >= 0.3 is 5.97 Å². The predicted molar refractivity (Wildman–Crippen MR) is 98.2 cm³/mol. The zero-order valence-corrected chi connectivity index (χ0v) is 15.1. The first-order chi connectivity index (χ1) is 12.4. The zero-order chi connectivity index (χ0) is 18.7. The third-order valence-corrected chi connectivity index (χ3v) is 4.54. The number of nitrogens with zero attached hydrogens (tertiary/aromatic N) is 1. The van der Waals surface area contributed by atoms with Gasteiger partial charge in [-0.2, -0.15) is 0 Å². The number of amides is 1. The number of hydrogen-bond acceptors (Lipinski definition) is 3. The highest BCUT2D eigenvalue weighted by Crippen LogP contribution is 2.22. The van der Waals surface area contributed by atoms with Crippen molar-refractivity contribution in [3.63, 3.8) is 0 Å². The lowest BCUT2D eigenvalue weighted by molar-refractivity contribution is 0.0655. The summed E-state index contributed by atoms with van der Waals surface area (Å²) in [6.07, 6.45) is 0.904. The van der Waals surface area contributed by atoms with Crippen LogP contribution >= 0.6 is 0 Å². The van der Waals surface area contributed by atoms with Gasteiger partial charge in [-0.25, -0.2) is 4.79 Å². The molecule has 0 radical (unpaired) electrons. The van der Waals surface area contributed by atoms with Crippen LogP contribution in [0.1, 0.15) is 51.3 Å². The molecule has 26 heavy (non-hydrogen) atoms. The molecule has 3 rings (SSSR count). The van der Waals surface area contributed by atoms with Gasteiger partial charge in [-0.3, -0.25) is 4.79 Å². The van der Waals surface area contributed by atoms with E-state index >= 15 is 0 Å². The summed E-state index contributed by atoms with van der Waals surface area (Å²) >= 11 is 0. The Labute approximate surface area is 153 Å². The smallest absolute Gasteiger partial charge is 0.335 e. The summed E-state index contributed by atoms with van der Waals surface area (Å²) in [7, 11) is 0. The van der Waals surface area contributed by atoms with Crippen LogP contribution in [0.2, 0.25) is 0 Å². The predicted octanol–water partition coefficient (Wildman–Crippen LogP) is 3.51. The Morgan fingerprint density at radius 2 is 1.77 bits per heavy atom. The molecular formula is C21H23NO4. The monoisotopic (exact) mass is 353 g/mol. The summed E-state index contributed by atoms with van der Waals surface area (Å²) in [4.78, 5) is 25.7. The fraction of sp³-hybridized carbons (Fsp3) is 0.333. The molecule has 1 heterocycles. The Morgan fingerprint density at radius 3 is 2.42 bits per heavy atom. The van der Waals surface area contributed by atoms with E-state index in [9.17, 15) is 9.59 Å². The van der Waals surface area contributed by atoms with Crippen LogP contribution in [-0.2, 0) is 24.3 Å². The SMILES string of the molecule is CC(C)OCc1ccc(C(=O)N2CCc3ccc(C(=O)O)cc3C2)cc1. The van der Waals surface area contributed by atoms with E-state index in [1.165, 1.54) is 0 Å². The van der Waals surface area contributed by atoms with Crippen LogP contribution in [-0.4, -0.2) is 34.5 Å². The van der Waals surface area contributed by atoms with Crippen LogP contribution in [0.3, 0.4) is 0 Å². The Hall–Kier alpha value is -2.66. The van der Waals surface area contributed by atoms with Gasteiger partial charge in [-0.05, 0) is 61.2 Å². The maximum absolute atomic E-state index is 12.8. The summed E-state index contributed by atoms with van der Waals surface area (Å²) in [5, 5.41) is 9.15. The van der Waals surface area contributed by atoms with Gasteiger partial charge in [-0.1, -0.05) is 18.2 Å². The summed E-state index contributed by atoms with van der Waals surface area (Å²) in [5.74, 6) is -0.983.